The summed E-state index contributed by atoms with van der Waals surface area (Å²) in [5.41, 5.74) is 7.18. The second kappa shape index (κ2) is 7.69. The van der Waals surface area contributed by atoms with Gasteiger partial charge in [-0.15, -0.1) is 0 Å². The van der Waals surface area contributed by atoms with Gasteiger partial charge in [-0.1, -0.05) is 41.4 Å². The quantitative estimate of drug-likeness (QED) is 0.403. The van der Waals surface area contributed by atoms with Gasteiger partial charge in [-0.05, 0) is 62.2 Å². The Balaban J connectivity index is 1.71. The van der Waals surface area contributed by atoms with Gasteiger partial charge in [0.25, 0.3) is 0 Å². The van der Waals surface area contributed by atoms with Gasteiger partial charge in [0.1, 0.15) is 18.1 Å². The lowest BCUT2D eigenvalue weighted by Gasteiger charge is -2.12. The van der Waals surface area contributed by atoms with Crippen LogP contribution in [0.15, 0.2) is 60.8 Å². The lowest BCUT2D eigenvalue weighted by atomic mass is 10.1. The maximum atomic E-state index is 5.99. The summed E-state index contributed by atoms with van der Waals surface area (Å²) >= 11 is 5.96. The van der Waals surface area contributed by atoms with Gasteiger partial charge in [0.15, 0.2) is 0 Å². The van der Waals surface area contributed by atoms with Crippen molar-refractivity contribution in [3.05, 3.63) is 93.9 Å². The van der Waals surface area contributed by atoms with E-state index in [1.807, 2.05) is 30.5 Å². The molecule has 0 unspecified atom stereocenters. The highest BCUT2D eigenvalue weighted by Gasteiger charge is 2.16. The minimum atomic E-state index is 0.412. The molecular weight excluding hydrogens is 368 g/mol. The van der Waals surface area contributed by atoms with Crippen LogP contribution in [-0.4, -0.2) is 9.55 Å². The molecule has 3 nitrogen and oxygen atoms in total. The minimum Gasteiger partial charge on any atom is -0.487 e. The van der Waals surface area contributed by atoms with Crippen molar-refractivity contribution in [3.63, 3.8) is 0 Å². The van der Waals surface area contributed by atoms with E-state index >= 15 is 0 Å². The number of pyridine rings is 1. The molecule has 0 fully saturated rings. The largest absolute Gasteiger partial charge is 0.487 e. The van der Waals surface area contributed by atoms with E-state index in [2.05, 4.69) is 60.7 Å². The molecule has 0 amide bonds. The average molecular weight is 391 g/mol. The summed E-state index contributed by atoms with van der Waals surface area (Å²) in [6.45, 7) is 7.69. The molecule has 0 bridgehead atoms. The highest BCUT2D eigenvalue weighted by atomic mass is 35.5. The van der Waals surface area contributed by atoms with E-state index in [4.69, 9.17) is 16.3 Å². The number of hydrogen-bond donors (Lipinski definition) is 0. The number of fused-ring (bicyclic) bond motifs is 1. The fraction of sp³-hybridized carbons (Fsp3) is 0.208. The third kappa shape index (κ3) is 3.63. The zero-order chi connectivity index (χ0) is 19.7. The van der Waals surface area contributed by atoms with Crippen molar-refractivity contribution in [3.8, 4) is 5.75 Å². The van der Waals surface area contributed by atoms with E-state index in [0.717, 1.165) is 23.5 Å². The van der Waals surface area contributed by atoms with Crippen molar-refractivity contribution in [2.45, 2.75) is 33.9 Å². The Labute approximate surface area is 170 Å². The molecule has 4 rings (SSSR count). The number of aromatic nitrogens is 2. The summed E-state index contributed by atoms with van der Waals surface area (Å²) in [5.74, 6) is 0.785. The van der Waals surface area contributed by atoms with Crippen molar-refractivity contribution < 1.29 is 4.74 Å². The van der Waals surface area contributed by atoms with E-state index in [9.17, 15) is 0 Å². The number of benzene rings is 2. The van der Waals surface area contributed by atoms with E-state index in [0.29, 0.717) is 11.6 Å². The van der Waals surface area contributed by atoms with Crippen LogP contribution in [0.5, 0.6) is 5.75 Å². The van der Waals surface area contributed by atoms with E-state index in [1.54, 1.807) is 0 Å². The van der Waals surface area contributed by atoms with Crippen LogP contribution >= 0.6 is 11.6 Å². The molecule has 4 aromatic rings. The summed E-state index contributed by atoms with van der Waals surface area (Å²) in [5, 5.41) is 1.93. The van der Waals surface area contributed by atoms with Crippen LogP contribution in [-0.2, 0) is 13.2 Å². The van der Waals surface area contributed by atoms with Crippen LogP contribution in [0.3, 0.4) is 0 Å². The molecule has 0 radical (unpaired) electrons. The first kappa shape index (κ1) is 18.6. The van der Waals surface area contributed by atoms with Crippen molar-refractivity contribution in [1.29, 1.82) is 0 Å². The van der Waals surface area contributed by atoms with Crippen LogP contribution in [0.4, 0.5) is 0 Å². The molecule has 0 saturated carbocycles. The third-order valence-electron chi connectivity index (χ3n) is 5.27. The molecule has 4 heteroatoms. The Morgan fingerprint density at radius 3 is 2.36 bits per heavy atom. The van der Waals surface area contributed by atoms with Gasteiger partial charge in [-0.3, -0.25) is 4.98 Å². The van der Waals surface area contributed by atoms with E-state index in [-0.39, 0.29) is 0 Å². The summed E-state index contributed by atoms with van der Waals surface area (Å²) in [4.78, 5) is 4.64. The Kier molecular flexibility index (Phi) is 5.10. The molecule has 2 aromatic carbocycles. The Morgan fingerprint density at radius 1 is 0.929 bits per heavy atom. The number of rotatable bonds is 5. The molecular formula is C24H23ClN2O. The Morgan fingerprint density at radius 2 is 1.64 bits per heavy atom. The lowest BCUT2D eigenvalue weighted by molar-refractivity contribution is 0.302. The van der Waals surface area contributed by atoms with Gasteiger partial charge in [-0.25, -0.2) is 0 Å². The smallest absolute Gasteiger partial charge is 0.132 e. The highest BCUT2D eigenvalue weighted by Crippen LogP contribution is 2.29. The van der Waals surface area contributed by atoms with Crippen molar-refractivity contribution in [2.24, 2.45) is 0 Å². The molecule has 0 atom stereocenters. The minimum absolute atomic E-state index is 0.412. The van der Waals surface area contributed by atoms with Gasteiger partial charge < -0.3 is 9.30 Å². The topological polar surface area (TPSA) is 27.1 Å². The summed E-state index contributed by atoms with van der Waals surface area (Å²) < 4.78 is 8.34. The van der Waals surface area contributed by atoms with Gasteiger partial charge in [0, 0.05) is 28.8 Å². The molecule has 0 N–H and O–H groups in total. The van der Waals surface area contributed by atoms with Crippen LogP contribution in [0.1, 0.15) is 28.1 Å². The Bertz CT molecular complexity index is 1110. The van der Waals surface area contributed by atoms with Crippen LogP contribution in [0.25, 0.3) is 10.9 Å². The Hall–Kier alpha value is -2.78. The maximum Gasteiger partial charge on any atom is 0.132 e. The monoisotopic (exact) mass is 390 g/mol. The molecule has 0 aliphatic heterocycles. The second-order valence-electron chi connectivity index (χ2n) is 7.18. The van der Waals surface area contributed by atoms with E-state index < -0.39 is 0 Å². The number of aryl methyl sites for hydroxylation is 2. The SMILES string of the molecule is Cc1ccc(Cn2c(C)c(C)c3ccnc(COc4ccc(Cl)cc4)c32)cc1. The van der Waals surface area contributed by atoms with Gasteiger partial charge in [-0.2, -0.15) is 0 Å². The fourth-order valence-electron chi connectivity index (χ4n) is 3.53. The molecule has 2 aromatic heterocycles. The first-order valence-electron chi connectivity index (χ1n) is 9.40. The second-order valence-corrected chi connectivity index (χ2v) is 7.61. The fourth-order valence-corrected chi connectivity index (χ4v) is 3.65. The lowest BCUT2D eigenvalue weighted by Crippen LogP contribution is -2.06. The standard InChI is InChI=1S/C24H23ClN2O/c1-16-4-6-19(7-5-16)14-27-18(3)17(2)22-12-13-26-23(24(22)27)15-28-21-10-8-20(25)9-11-21/h4-13H,14-15H2,1-3H3. The maximum absolute atomic E-state index is 5.99. The molecule has 142 valence electrons. The summed E-state index contributed by atoms with van der Waals surface area (Å²) in [6, 6.07) is 18.2. The first-order valence-corrected chi connectivity index (χ1v) is 9.78. The number of nitrogens with zero attached hydrogens (tertiary/aromatic N) is 2. The van der Waals surface area contributed by atoms with E-state index in [1.165, 1.54) is 27.8 Å². The van der Waals surface area contributed by atoms with Gasteiger partial charge in [0.05, 0.1) is 5.52 Å². The molecule has 0 saturated heterocycles. The number of ether oxygens (including phenoxy) is 1. The third-order valence-corrected chi connectivity index (χ3v) is 5.52. The predicted molar refractivity (Wildman–Crippen MR) is 115 cm³/mol. The summed E-state index contributed by atoms with van der Waals surface area (Å²) in [7, 11) is 0. The molecule has 0 aliphatic rings. The van der Waals surface area contributed by atoms with Crippen molar-refractivity contribution in [1.82, 2.24) is 9.55 Å². The van der Waals surface area contributed by atoms with Crippen molar-refractivity contribution >= 4 is 22.5 Å². The number of hydrogen-bond acceptors (Lipinski definition) is 2. The molecule has 28 heavy (non-hydrogen) atoms. The van der Waals surface area contributed by atoms with Crippen LogP contribution in [0.2, 0.25) is 5.02 Å². The summed E-state index contributed by atoms with van der Waals surface area (Å²) in [6.07, 6.45) is 1.87. The zero-order valence-corrected chi connectivity index (χ0v) is 17.1. The number of halogens is 1. The van der Waals surface area contributed by atoms with Crippen molar-refractivity contribution in [2.75, 3.05) is 0 Å². The van der Waals surface area contributed by atoms with Crippen LogP contribution in [0, 0.1) is 20.8 Å². The van der Waals surface area contributed by atoms with Gasteiger partial charge >= 0.3 is 0 Å². The average Bonchev–Trinajstić information content (AvgIpc) is 2.95. The molecule has 0 aliphatic carbocycles. The molecule has 0 spiro atoms. The zero-order valence-electron chi connectivity index (χ0n) is 16.4. The normalized spacial score (nSPS) is 11.1. The van der Waals surface area contributed by atoms with Gasteiger partial charge in [0.2, 0.25) is 0 Å². The highest BCUT2D eigenvalue weighted by molar-refractivity contribution is 6.30. The van der Waals surface area contributed by atoms with Crippen LogP contribution < -0.4 is 4.74 Å². The first-order chi connectivity index (χ1) is 13.5. The predicted octanol–water partition coefficient (Wildman–Crippen LogP) is 6.24. The molecule has 2 heterocycles.